The van der Waals surface area contributed by atoms with Gasteiger partial charge in [0.15, 0.2) is 9.84 Å². The molecule has 1 N–H and O–H groups in total. The first-order chi connectivity index (χ1) is 12.7. The first-order valence-electron chi connectivity index (χ1n) is 9.87. The van der Waals surface area contributed by atoms with Crippen LogP contribution in [0.5, 0.6) is 0 Å². The quantitative estimate of drug-likeness (QED) is 0.623. The number of nitrogens with one attached hydrogen (secondary N) is 1. The van der Waals surface area contributed by atoms with Crippen LogP contribution >= 0.6 is 0 Å². The molecule has 0 atom stereocenters. The minimum Gasteiger partial charge on any atom is -0.347 e. The Labute approximate surface area is 170 Å². The van der Waals surface area contributed by atoms with E-state index in [-0.39, 0.29) is 23.0 Å². The van der Waals surface area contributed by atoms with Crippen LogP contribution in [0.4, 0.5) is 0 Å². The van der Waals surface area contributed by atoms with Crippen LogP contribution in [0, 0.1) is 0 Å². The first-order valence-corrected chi connectivity index (χ1v) is 11.5. The van der Waals surface area contributed by atoms with Gasteiger partial charge in [0.1, 0.15) is 5.78 Å². The van der Waals surface area contributed by atoms with E-state index >= 15 is 0 Å². The van der Waals surface area contributed by atoms with Crippen molar-refractivity contribution < 1.29 is 18.0 Å². The second-order valence-corrected chi connectivity index (χ2v) is 12.2. The monoisotopic (exact) mass is 409 g/mol. The molecule has 1 rings (SSSR count). The van der Waals surface area contributed by atoms with Gasteiger partial charge >= 0.3 is 0 Å². The number of benzene rings is 1. The van der Waals surface area contributed by atoms with Crippen LogP contribution in [0.15, 0.2) is 24.3 Å². The van der Waals surface area contributed by atoms with Gasteiger partial charge in [-0.1, -0.05) is 18.6 Å². The summed E-state index contributed by atoms with van der Waals surface area (Å²) in [6.07, 6.45) is 2.80. The van der Waals surface area contributed by atoms with Crippen molar-refractivity contribution in [3.05, 3.63) is 35.4 Å². The third kappa shape index (κ3) is 8.55. The van der Waals surface area contributed by atoms with E-state index in [1.54, 1.807) is 32.9 Å². The van der Waals surface area contributed by atoms with Crippen molar-refractivity contribution >= 4 is 21.5 Å². The van der Waals surface area contributed by atoms with E-state index in [0.717, 1.165) is 12.0 Å². The van der Waals surface area contributed by atoms with Crippen LogP contribution in [0.25, 0.3) is 0 Å². The zero-order valence-corrected chi connectivity index (χ0v) is 18.9. The number of rotatable bonds is 9. The van der Waals surface area contributed by atoms with Gasteiger partial charge in [-0.3, -0.25) is 9.59 Å². The molecule has 5 nitrogen and oxygen atoms in total. The third-order valence-electron chi connectivity index (χ3n) is 4.41. The number of Topliss-reactive ketones (excluding diaryl/α,β-unsaturated/α-hetero) is 1. The van der Waals surface area contributed by atoms with Gasteiger partial charge < -0.3 is 5.32 Å². The van der Waals surface area contributed by atoms with Crippen LogP contribution < -0.4 is 5.32 Å². The molecule has 0 aliphatic rings. The summed E-state index contributed by atoms with van der Waals surface area (Å²) < 4.78 is 23.4. The molecule has 158 valence electrons. The Morgan fingerprint density at radius 1 is 0.893 bits per heavy atom. The lowest BCUT2D eigenvalue weighted by molar-refractivity contribution is -0.118. The maximum Gasteiger partial charge on any atom is 0.251 e. The summed E-state index contributed by atoms with van der Waals surface area (Å²) in [7, 11) is -3.09. The SMILES string of the molecule is CC(C)(C)NC(=O)c1ccc(CC(=O)CCCCCS(=O)(=O)C(C)(C)C)cc1. The fraction of sp³-hybridized carbons (Fsp3) is 0.636. The van der Waals surface area contributed by atoms with Gasteiger partial charge in [0.25, 0.3) is 5.91 Å². The molecule has 0 fully saturated rings. The molecule has 0 aliphatic carbocycles. The molecular formula is C22H35NO4S. The van der Waals surface area contributed by atoms with Crippen LogP contribution in [-0.4, -0.2) is 36.1 Å². The highest BCUT2D eigenvalue weighted by atomic mass is 32.2. The molecule has 1 aromatic rings. The lowest BCUT2D eigenvalue weighted by atomic mass is 10.0. The van der Waals surface area contributed by atoms with Crippen molar-refractivity contribution in [2.45, 2.75) is 83.9 Å². The molecule has 28 heavy (non-hydrogen) atoms. The Morgan fingerprint density at radius 2 is 1.46 bits per heavy atom. The lowest BCUT2D eigenvalue weighted by Crippen LogP contribution is -2.40. The van der Waals surface area contributed by atoms with Crippen LogP contribution in [0.3, 0.4) is 0 Å². The highest BCUT2D eigenvalue weighted by Crippen LogP contribution is 2.18. The number of hydrogen-bond donors (Lipinski definition) is 1. The van der Waals surface area contributed by atoms with Crippen LogP contribution in [0.1, 0.15) is 83.1 Å². The van der Waals surface area contributed by atoms with E-state index in [0.29, 0.717) is 31.2 Å². The molecular weight excluding hydrogens is 374 g/mol. The summed E-state index contributed by atoms with van der Waals surface area (Å²) in [4.78, 5) is 24.2. The Hall–Kier alpha value is -1.69. The highest BCUT2D eigenvalue weighted by Gasteiger charge is 2.27. The Balaban J connectivity index is 2.39. The fourth-order valence-corrected chi connectivity index (χ4v) is 3.80. The number of sulfone groups is 1. The van der Waals surface area contributed by atoms with E-state index in [2.05, 4.69) is 5.32 Å². The summed E-state index contributed by atoms with van der Waals surface area (Å²) in [6, 6.07) is 7.10. The van der Waals surface area contributed by atoms with E-state index in [9.17, 15) is 18.0 Å². The lowest BCUT2D eigenvalue weighted by Gasteiger charge is -2.20. The summed E-state index contributed by atoms with van der Waals surface area (Å²) >= 11 is 0. The van der Waals surface area contributed by atoms with Crippen LogP contribution in [-0.2, 0) is 21.1 Å². The molecule has 6 heteroatoms. The van der Waals surface area contributed by atoms with Gasteiger partial charge in [-0.05, 0) is 72.1 Å². The number of unbranched alkanes of at least 4 members (excludes halogenated alkanes) is 2. The average Bonchev–Trinajstić information content (AvgIpc) is 2.52. The van der Waals surface area contributed by atoms with Crippen molar-refractivity contribution in [2.24, 2.45) is 0 Å². The van der Waals surface area contributed by atoms with Gasteiger partial charge in [-0.25, -0.2) is 8.42 Å². The molecule has 0 bridgehead atoms. The predicted molar refractivity (Wildman–Crippen MR) is 114 cm³/mol. The average molecular weight is 410 g/mol. The summed E-state index contributed by atoms with van der Waals surface area (Å²) in [6.45, 7) is 10.9. The minimum absolute atomic E-state index is 0.129. The smallest absolute Gasteiger partial charge is 0.251 e. The normalized spacial score (nSPS) is 12.6. The number of carbonyl (C=O) groups excluding carboxylic acids is 2. The Kier molecular flexibility index (Phi) is 8.42. The summed E-state index contributed by atoms with van der Waals surface area (Å²) in [5.41, 5.74) is 1.16. The van der Waals surface area contributed by atoms with E-state index < -0.39 is 14.6 Å². The Bertz CT molecular complexity index is 766. The second kappa shape index (κ2) is 9.68. The van der Waals surface area contributed by atoms with Gasteiger partial charge in [0.2, 0.25) is 0 Å². The van der Waals surface area contributed by atoms with Crippen molar-refractivity contribution in [1.29, 1.82) is 0 Å². The minimum atomic E-state index is -3.09. The van der Waals surface area contributed by atoms with Gasteiger partial charge in [0.05, 0.1) is 10.5 Å². The zero-order chi connectivity index (χ0) is 21.6. The van der Waals surface area contributed by atoms with Crippen molar-refractivity contribution in [3.8, 4) is 0 Å². The molecule has 0 saturated heterocycles. The zero-order valence-electron chi connectivity index (χ0n) is 18.1. The number of ketones is 1. The topological polar surface area (TPSA) is 80.3 Å². The maximum atomic E-state index is 12.1. The fourth-order valence-electron chi connectivity index (χ4n) is 2.60. The van der Waals surface area contributed by atoms with E-state index in [4.69, 9.17) is 0 Å². The first kappa shape index (κ1) is 24.3. The number of carbonyl (C=O) groups is 2. The molecule has 0 aliphatic heterocycles. The molecule has 0 aromatic heterocycles. The number of amides is 1. The largest absolute Gasteiger partial charge is 0.347 e. The van der Waals surface area contributed by atoms with Gasteiger partial charge in [-0.2, -0.15) is 0 Å². The number of hydrogen-bond acceptors (Lipinski definition) is 4. The molecule has 0 saturated carbocycles. The van der Waals surface area contributed by atoms with E-state index in [1.807, 2.05) is 32.9 Å². The third-order valence-corrected chi connectivity index (χ3v) is 7.10. The van der Waals surface area contributed by atoms with Crippen molar-refractivity contribution in [1.82, 2.24) is 5.32 Å². The van der Waals surface area contributed by atoms with Crippen molar-refractivity contribution in [3.63, 3.8) is 0 Å². The van der Waals surface area contributed by atoms with Gasteiger partial charge in [-0.15, -0.1) is 0 Å². The second-order valence-electron chi connectivity index (χ2n) is 9.36. The Morgan fingerprint density at radius 3 is 1.96 bits per heavy atom. The molecule has 1 aromatic carbocycles. The highest BCUT2D eigenvalue weighted by molar-refractivity contribution is 7.92. The molecule has 0 radical (unpaired) electrons. The van der Waals surface area contributed by atoms with Gasteiger partial charge in [0, 0.05) is 23.9 Å². The summed E-state index contributed by atoms with van der Waals surface area (Å²) in [5, 5.41) is 2.91. The summed E-state index contributed by atoms with van der Waals surface area (Å²) in [5.74, 6) is 0.170. The molecule has 0 heterocycles. The molecule has 0 unspecified atom stereocenters. The van der Waals surface area contributed by atoms with E-state index in [1.165, 1.54) is 0 Å². The predicted octanol–water partition coefficient (Wildman–Crippen LogP) is 4.10. The standard InChI is InChI=1S/C22H35NO4S/c1-21(2,3)23-20(25)18-13-11-17(12-14-18)16-19(24)10-8-7-9-15-28(26,27)22(4,5)6/h11-14H,7-10,15-16H2,1-6H3,(H,23,25). The maximum absolute atomic E-state index is 12.1. The van der Waals surface area contributed by atoms with Crippen molar-refractivity contribution in [2.75, 3.05) is 5.75 Å². The molecule has 0 spiro atoms. The van der Waals surface area contributed by atoms with Crippen LogP contribution in [0.2, 0.25) is 0 Å². The molecule has 1 amide bonds.